The van der Waals surface area contributed by atoms with Crippen LogP contribution in [0.3, 0.4) is 0 Å². The lowest BCUT2D eigenvalue weighted by atomic mass is 10.0. The van der Waals surface area contributed by atoms with Gasteiger partial charge in [-0.15, -0.1) is 11.3 Å². The number of ether oxygens (including phenoxy) is 1. The molecule has 0 fully saturated rings. The van der Waals surface area contributed by atoms with Gasteiger partial charge in [-0.05, 0) is 48.1 Å². The van der Waals surface area contributed by atoms with Gasteiger partial charge in [-0.25, -0.2) is 4.79 Å². The number of carbonyl (C=O) groups excluding carboxylic acids is 2. The number of urea groups is 1. The number of methoxy groups -OCH3 is 1. The number of anilines is 1. The van der Waals surface area contributed by atoms with Crippen LogP contribution in [-0.2, 0) is 12.8 Å². The predicted molar refractivity (Wildman–Crippen MR) is 90.1 cm³/mol. The van der Waals surface area contributed by atoms with E-state index in [9.17, 15) is 9.59 Å². The van der Waals surface area contributed by atoms with Crippen LogP contribution in [0.15, 0.2) is 18.2 Å². The molecule has 0 radical (unpaired) electrons. The van der Waals surface area contributed by atoms with Gasteiger partial charge in [-0.3, -0.25) is 10.1 Å². The van der Waals surface area contributed by atoms with Crippen LogP contribution < -0.4 is 21.5 Å². The number of nitrogens with two attached hydrogens (primary N) is 2. The molecule has 3 rings (SSSR count). The van der Waals surface area contributed by atoms with E-state index in [1.807, 2.05) is 18.2 Å². The van der Waals surface area contributed by atoms with Crippen LogP contribution in [0.4, 0.5) is 9.80 Å². The van der Waals surface area contributed by atoms with Crippen molar-refractivity contribution in [3.63, 3.8) is 0 Å². The third-order valence-corrected chi connectivity index (χ3v) is 5.11. The molecule has 0 atom stereocenters. The Labute approximate surface area is 137 Å². The highest BCUT2D eigenvalue weighted by atomic mass is 32.1. The maximum absolute atomic E-state index is 11.9. The van der Waals surface area contributed by atoms with Crippen LogP contribution >= 0.6 is 11.3 Å². The summed E-state index contributed by atoms with van der Waals surface area (Å²) in [6, 6.07) is 5.20. The molecular formula is C16H17N3O3S. The Morgan fingerprint density at radius 1 is 1.26 bits per heavy atom. The maximum Gasteiger partial charge on any atom is 0.317 e. The number of benzene rings is 1. The fraction of sp³-hybridized carbons (Fsp3) is 0.250. The normalized spacial score (nSPS) is 12.7. The van der Waals surface area contributed by atoms with Crippen molar-refractivity contribution in [2.45, 2.75) is 19.3 Å². The largest absolute Gasteiger partial charge is 0.497 e. The summed E-state index contributed by atoms with van der Waals surface area (Å²) in [7, 11) is 1.61. The van der Waals surface area contributed by atoms with Gasteiger partial charge in [0.25, 0.3) is 5.91 Å². The van der Waals surface area contributed by atoms with Crippen molar-refractivity contribution in [1.82, 2.24) is 0 Å². The van der Waals surface area contributed by atoms with Crippen LogP contribution in [0, 0.1) is 0 Å². The first-order chi connectivity index (χ1) is 11.0. The average molecular weight is 331 g/mol. The van der Waals surface area contributed by atoms with Crippen molar-refractivity contribution in [2.75, 3.05) is 12.4 Å². The molecule has 7 heteroatoms. The Bertz CT molecular complexity index is 798. The van der Waals surface area contributed by atoms with Gasteiger partial charge in [0.2, 0.25) is 0 Å². The van der Waals surface area contributed by atoms with E-state index in [-0.39, 0.29) is 0 Å². The molecule has 120 valence electrons. The number of thiophene rings is 1. The Morgan fingerprint density at radius 3 is 2.70 bits per heavy atom. The average Bonchev–Trinajstić information content (AvgIpc) is 2.75. The number of aryl methyl sites for hydroxylation is 1. The van der Waals surface area contributed by atoms with E-state index in [1.165, 1.54) is 16.9 Å². The Morgan fingerprint density at radius 2 is 2.04 bits per heavy atom. The Balaban J connectivity index is 2.24. The summed E-state index contributed by atoms with van der Waals surface area (Å²) >= 11 is 1.33. The fourth-order valence-electron chi connectivity index (χ4n) is 2.95. The molecule has 2 aromatic rings. The quantitative estimate of drug-likeness (QED) is 0.804. The smallest absolute Gasteiger partial charge is 0.317 e. The minimum absolute atomic E-state index is 0.361. The van der Waals surface area contributed by atoms with E-state index in [0.29, 0.717) is 10.6 Å². The topological polar surface area (TPSA) is 107 Å². The minimum Gasteiger partial charge on any atom is -0.497 e. The zero-order chi connectivity index (χ0) is 16.6. The molecule has 0 saturated heterocycles. The van der Waals surface area contributed by atoms with Gasteiger partial charge in [0, 0.05) is 4.88 Å². The van der Waals surface area contributed by atoms with Gasteiger partial charge in [0.05, 0.1) is 12.7 Å². The summed E-state index contributed by atoms with van der Waals surface area (Å²) in [5.41, 5.74) is 14.2. The lowest BCUT2D eigenvalue weighted by molar-refractivity contribution is 0.100. The molecular weight excluding hydrogens is 314 g/mol. The molecule has 1 aliphatic rings. The van der Waals surface area contributed by atoms with Gasteiger partial charge in [-0.1, -0.05) is 6.07 Å². The van der Waals surface area contributed by atoms with E-state index >= 15 is 0 Å². The molecule has 1 aliphatic carbocycles. The van der Waals surface area contributed by atoms with E-state index < -0.39 is 11.9 Å². The molecule has 0 unspecified atom stereocenters. The summed E-state index contributed by atoms with van der Waals surface area (Å²) in [4.78, 5) is 24.1. The van der Waals surface area contributed by atoms with Crippen LogP contribution in [0.5, 0.6) is 5.75 Å². The van der Waals surface area contributed by atoms with Crippen molar-refractivity contribution in [3.05, 3.63) is 34.9 Å². The highest BCUT2D eigenvalue weighted by molar-refractivity contribution is 7.20. The van der Waals surface area contributed by atoms with Crippen LogP contribution in [0.1, 0.15) is 27.9 Å². The number of carbonyl (C=O) groups is 2. The number of fused-ring (bicyclic) bond motifs is 3. The molecule has 0 saturated carbocycles. The first kappa shape index (κ1) is 15.4. The monoisotopic (exact) mass is 331 g/mol. The highest BCUT2D eigenvalue weighted by Crippen LogP contribution is 2.45. The lowest BCUT2D eigenvalue weighted by Crippen LogP contribution is -2.22. The number of primary amides is 2. The number of rotatable bonds is 3. The van der Waals surface area contributed by atoms with Gasteiger partial charge in [0.1, 0.15) is 10.8 Å². The SMILES string of the molecule is COc1ccc2c(c1)-c1sc(NC(N)=O)c(C(N)=O)c1CCC2. The predicted octanol–water partition coefficient (Wildman–Crippen LogP) is 2.50. The molecule has 23 heavy (non-hydrogen) atoms. The molecule has 0 spiro atoms. The van der Waals surface area contributed by atoms with Crippen LogP contribution in [0.2, 0.25) is 0 Å². The lowest BCUT2D eigenvalue weighted by Gasteiger charge is -2.08. The first-order valence-corrected chi connectivity index (χ1v) is 8.02. The summed E-state index contributed by atoms with van der Waals surface area (Å²) < 4.78 is 5.31. The molecule has 0 bridgehead atoms. The molecule has 6 nitrogen and oxygen atoms in total. The summed E-state index contributed by atoms with van der Waals surface area (Å²) in [5.74, 6) is 0.188. The summed E-state index contributed by atoms with van der Waals surface area (Å²) in [5, 5.41) is 2.93. The zero-order valence-electron chi connectivity index (χ0n) is 12.6. The Hall–Kier alpha value is -2.54. The van der Waals surface area contributed by atoms with Gasteiger partial charge < -0.3 is 16.2 Å². The van der Waals surface area contributed by atoms with E-state index in [1.54, 1.807) is 7.11 Å². The number of hydrogen-bond donors (Lipinski definition) is 3. The second-order valence-corrected chi connectivity index (χ2v) is 6.36. The van der Waals surface area contributed by atoms with Crippen molar-refractivity contribution in [1.29, 1.82) is 0 Å². The molecule has 3 amide bonds. The first-order valence-electron chi connectivity index (χ1n) is 7.20. The van der Waals surface area contributed by atoms with Gasteiger partial charge in [0.15, 0.2) is 0 Å². The van der Waals surface area contributed by atoms with Gasteiger partial charge in [-0.2, -0.15) is 0 Å². The maximum atomic E-state index is 11.9. The molecule has 5 N–H and O–H groups in total. The molecule has 1 aromatic heterocycles. The molecule has 1 heterocycles. The number of amides is 3. The van der Waals surface area contributed by atoms with Crippen LogP contribution in [-0.4, -0.2) is 19.0 Å². The standard InChI is InChI=1S/C16H17N3O3S/c1-22-9-6-5-8-3-2-4-10-12(14(17)20)15(19-16(18)21)23-13(10)11(8)7-9/h5-7H,2-4H2,1H3,(H2,17,20)(H3,18,19,21). The minimum atomic E-state index is -0.713. The van der Waals surface area contributed by atoms with E-state index in [4.69, 9.17) is 16.2 Å². The third kappa shape index (κ3) is 2.75. The second kappa shape index (κ2) is 5.92. The molecule has 0 aliphatic heterocycles. The van der Waals surface area contributed by atoms with Crippen molar-refractivity contribution < 1.29 is 14.3 Å². The third-order valence-electron chi connectivity index (χ3n) is 3.92. The zero-order valence-corrected chi connectivity index (χ0v) is 13.5. The highest BCUT2D eigenvalue weighted by Gasteiger charge is 2.26. The second-order valence-electron chi connectivity index (χ2n) is 5.34. The number of nitrogens with one attached hydrogen (secondary N) is 1. The van der Waals surface area contributed by atoms with Crippen molar-refractivity contribution in [2.24, 2.45) is 11.5 Å². The summed E-state index contributed by atoms with van der Waals surface area (Å²) in [6.07, 6.45) is 2.54. The van der Waals surface area contributed by atoms with Crippen molar-refractivity contribution in [3.8, 4) is 16.2 Å². The van der Waals surface area contributed by atoms with Crippen LogP contribution in [0.25, 0.3) is 10.4 Å². The van der Waals surface area contributed by atoms with E-state index in [0.717, 1.165) is 41.0 Å². The fourth-order valence-corrected chi connectivity index (χ4v) is 4.26. The Kier molecular flexibility index (Phi) is 3.96. The van der Waals surface area contributed by atoms with E-state index in [2.05, 4.69) is 5.32 Å². The number of hydrogen-bond acceptors (Lipinski definition) is 4. The van der Waals surface area contributed by atoms with Gasteiger partial charge >= 0.3 is 6.03 Å². The molecule has 1 aromatic carbocycles. The van der Waals surface area contributed by atoms with Crippen molar-refractivity contribution >= 4 is 28.3 Å². The summed E-state index contributed by atoms with van der Waals surface area (Å²) in [6.45, 7) is 0.